The fourth-order valence-electron chi connectivity index (χ4n) is 8.50. The molecule has 55 heavy (non-hydrogen) atoms. The van der Waals surface area contributed by atoms with E-state index in [1.165, 1.54) is 14.0 Å². The van der Waals surface area contributed by atoms with Crippen molar-refractivity contribution < 1.29 is 58.7 Å². The topological polar surface area (TPSA) is 212 Å². The van der Waals surface area contributed by atoms with Gasteiger partial charge >= 0.3 is 5.97 Å². The Morgan fingerprint density at radius 3 is 2.18 bits per heavy atom. The normalized spacial score (nSPS) is 35.1. The Hall–Kier alpha value is -1.01. The number of hydrogen-bond acceptors (Lipinski definition) is 14. The predicted octanol–water partition coefficient (Wildman–Crippen LogP) is 3.40. The molecule has 8 N–H and O–H groups in total. The summed E-state index contributed by atoms with van der Waals surface area (Å²) in [6.45, 7) is 24.2. The van der Waals surface area contributed by atoms with Gasteiger partial charge in [-0.05, 0) is 85.6 Å². The molecule has 2 aliphatic rings. The fourth-order valence-corrected chi connectivity index (χ4v) is 8.50. The van der Waals surface area contributed by atoms with Crippen molar-refractivity contribution in [2.45, 2.75) is 212 Å². The van der Waals surface area contributed by atoms with Crippen LogP contribution in [-0.2, 0) is 33.2 Å². The molecule has 2 fully saturated rings. The first-order chi connectivity index (χ1) is 25.4. The van der Waals surface area contributed by atoms with Crippen molar-refractivity contribution in [3.63, 3.8) is 0 Å². The van der Waals surface area contributed by atoms with E-state index in [1.807, 2.05) is 27.7 Å². The summed E-state index contributed by atoms with van der Waals surface area (Å²) in [4.78, 5) is 14.3. The van der Waals surface area contributed by atoms with Gasteiger partial charge in [-0.3, -0.25) is 4.79 Å². The Labute approximate surface area is 331 Å². The van der Waals surface area contributed by atoms with Crippen LogP contribution < -0.4 is 11.1 Å². The zero-order valence-electron chi connectivity index (χ0n) is 36.4. The van der Waals surface area contributed by atoms with Crippen molar-refractivity contribution >= 4 is 5.97 Å². The molecule has 2 saturated heterocycles. The summed E-state index contributed by atoms with van der Waals surface area (Å²) in [5.41, 5.74) is 0.441. The van der Waals surface area contributed by atoms with Gasteiger partial charge in [-0.15, -0.1) is 0 Å². The Kier molecular flexibility index (Phi) is 19.0. The molecule has 0 aromatic rings. The Bertz CT molecular complexity index is 1160. The van der Waals surface area contributed by atoms with Crippen LogP contribution in [0.3, 0.4) is 0 Å². The van der Waals surface area contributed by atoms with Crippen LogP contribution in [0.2, 0.25) is 0 Å². The number of aliphatic hydroxyl groups excluding tert-OH is 2. The van der Waals surface area contributed by atoms with Crippen LogP contribution in [0.5, 0.6) is 0 Å². The molecule has 0 radical (unpaired) electrons. The van der Waals surface area contributed by atoms with Crippen molar-refractivity contribution in [3.8, 4) is 0 Å². The fraction of sp³-hybridized carbons (Fsp3) is 0.976. The summed E-state index contributed by atoms with van der Waals surface area (Å²) in [5, 5.41) is 61.0. The van der Waals surface area contributed by atoms with Gasteiger partial charge in [0.1, 0.15) is 29.0 Å². The molecule has 326 valence electrons. The second-order valence-corrected chi connectivity index (χ2v) is 17.8. The average molecular weight is 793 g/mol. The second kappa shape index (κ2) is 20.8. The van der Waals surface area contributed by atoms with E-state index in [4.69, 9.17) is 34.2 Å². The number of aliphatic hydroxyl groups is 5. The van der Waals surface area contributed by atoms with Crippen LogP contribution in [0.25, 0.3) is 0 Å². The molecule has 0 aliphatic carbocycles. The first-order valence-electron chi connectivity index (χ1n) is 20.7. The van der Waals surface area contributed by atoms with Gasteiger partial charge in [-0.25, -0.2) is 0 Å². The average Bonchev–Trinajstić information content (AvgIpc) is 3.11. The highest BCUT2D eigenvalue weighted by molar-refractivity contribution is 5.73. The van der Waals surface area contributed by atoms with E-state index in [1.54, 1.807) is 55.4 Å². The third kappa shape index (κ3) is 12.0. The van der Waals surface area contributed by atoms with E-state index in [-0.39, 0.29) is 37.3 Å². The lowest BCUT2D eigenvalue weighted by Gasteiger charge is -2.53. The third-order valence-electron chi connectivity index (χ3n) is 12.5. The van der Waals surface area contributed by atoms with E-state index >= 15 is 0 Å². The molecule has 0 aromatic heterocycles. The maximum absolute atomic E-state index is 14.3. The van der Waals surface area contributed by atoms with Crippen molar-refractivity contribution in [1.29, 1.82) is 0 Å². The molecule has 14 nitrogen and oxygen atoms in total. The number of carbonyl (C=O) groups is 1. The van der Waals surface area contributed by atoms with Crippen LogP contribution in [0, 0.1) is 23.7 Å². The molecule has 2 aliphatic heterocycles. The molecule has 0 saturated carbocycles. The van der Waals surface area contributed by atoms with E-state index < -0.39 is 95.5 Å². The minimum atomic E-state index is -1.76. The van der Waals surface area contributed by atoms with Gasteiger partial charge in [0.25, 0.3) is 0 Å². The van der Waals surface area contributed by atoms with Gasteiger partial charge in [0.2, 0.25) is 0 Å². The lowest BCUT2D eigenvalue weighted by atomic mass is 9.75. The smallest absolute Gasteiger partial charge is 0.311 e. The largest absolute Gasteiger partial charge is 0.459 e. The third-order valence-corrected chi connectivity index (χ3v) is 12.5. The zero-order valence-corrected chi connectivity index (χ0v) is 36.4. The number of nitrogens with one attached hydrogen (secondary N) is 1. The van der Waals surface area contributed by atoms with Gasteiger partial charge in [0.05, 0.1) is 42.0 Å². The molecule has 2 rings (SSSR count). The van der Waals surface area contributed by atoms with Crippen LogP contribution >= 0.6 is 0 Å². The van der Waals surface area contributed by atoms with E-state index in [9.17, 15) is 30.3 Å². The first-order valence-corrected chi connectivity index (χ1v) is 20.7. The quantitative estimate of drug-likeness (QED) is 0.0619. The number of nitrogens with two attached hydrogens (primary N) is 1. The van der Waals surface area contributed by atoms with Gasteiger partial charge in [-0.1, -0.05) is 54.9 Å². The summed E-state index contributed by atoms with van der Waals surface area (Å²) in [5.74, 6) is -2.76. The molecular weight excluding hydrogens is 712 g/mol. The molecule has 0 aromatic carbocycles. The molecule has 0 bridgehead atoms. The van der Waals surface area contributed by atoms with Crippen molar-refractivity contribution in [3.05, 3.63) is 0 Å². The lowest BCUT2D eigenvalue weighted by Crippen LogP contribution is -2.70. The Morgan fingerprint density at radius 1 is 1.04 bits per heavy atom. The van der Waals surface area contributed by atoms with Crippen molar-refractivity contribution in [1.82, 2.24) is 5.32 Å². The summed E-state index contributed by atoms with van der Waals surface area (Å²) >= 11 is 0. The molecule has 17 atom stereocenters. The lowest BCUT2D eigenvalue weighted by molar-refractivity contribution is -0.335. The Balaban J connectivity index is 2.67. The van der Waals surface area contributed by atoms with Gasteiger partial charge < -0.3 is 65.0 Å². The minimum absolute atomic E-state index is 0.0808. The number of hydrogen-bond donors (Lipinski definition) is 7. The summed E-state index contributed by atoms with van der Waals surface area (Å²) < 4.78 is 37.8. The van der Waals surface area contributed by atoms with Crippen LogP contribution in [0.1, 0.15) is 129 Å². The molecule has 0 spiro atoms. The zero-order chi connectivity index (χ0) is 42.3. The number of rotatable bonds is 22. The van der Waals surface area contributed by atoms with Gasteiger partial charge in [-0.2, -0.15) is 0 Å². The number of esters is 1. The number of methoxy groups -OCH3 is 1. The maximum atomic E-state index is 14.3. The second-order valence-electron chi connectivity index (χ2n) is 17.8. The summed E-state index contributed by atoms with van der Waals surface area (Å²) in [7, 11) is 1.53. The highest BCUT2D eigenvalue weighted by Crippen LogP contribution is 2.43. The predicted molar refractivity (Wildman–Crippen MR) is 210 cm³/mol. The van der Waals surface area contributed by atoms with Crippen molar-refractivity contribution in [2.24, 2.45) is 29.4 Å². The van der Waals surface area contributed by atoms with Crippen LogP contribution in [0.4, 0.5) is 0 Å². The van der Waals surface area contributed by atoms with Gasteiger partial charge in [0, 0.05) is 32.0 Å². The van der Waals surface area contributed by atoms with E-state index in [0.717, 1.165) is 12.8 Å². The SMILES string of the molecule is CCCNC[C@]1(O)C(C)O[C@@H](O[C@@H]([C@H](C)[C@@H](O[C@@H]2OC(C)CC(N)[C@@H]2O)[C@](C)(O)C[C@@H](C)CC)[C@@H](C)C(=O)O[C@H](CC)[C@@](C)(O)[C@H](O)C(C)C)C[C@]1(C)OC. The molecule has 2 heterocycles. The molecular formula is C41H80N2O12. The molecule has 0 amide bonds. The standard InChI is InChI=1S/C41H80N2O12/c1-15-18-43-22-41(49)28(10)52-31(21-39(41,12)50-14)54-33(27(9)36(46)53-30(17-3)40(13,48)34(45)23(4)5)26(8)35(38(11,47)20-24(6)16-2)55-37-32(44)29(42)19-25(7)51-37/h23-35,37,43-45,47-49H,15-22,42H2,1-14H3/t24-,25?,26-,27+,28?,29?,30+,31-,32-,33-,34+,35+,37-,38+,39-,40+,41-/m0/s1. The maximum Gasteiger partial charge on any atom is 0.311 e. The monoisotopic (exact) mass is 793 g/mol. The van der Waals surface area contributed by atoms with Crippen LogP contribution in [0.15, 0.2) is 0 Å². The van der Waals surface area contributed by atoms with Gasteiger partial charge in [0.15, 0.2) is 12.6 Å². The summed E-state index contributed by atoms with van der Waals surface area (Å²) in [6.07, 6.45) is -6.12. The number of carbonyl (C=O) groups excluding carboxylic acids is 1. The minimum Gasteiger partial charge on any atom is -0.459 e. The first kappa shape index (κ1) is 50.1. The van der Waals surface area contributed by atoms with Crippen LogP contribution in [-0.4, -0.2) is 135 Å². The highest BCUT2D eigenvalue weighted by atomic mass is 16.7. The molecule has 3 unspecified atom stereocenters. The number of ether oxygens (including phenoxy) is 6. The molecule has 14 heteroatoms. The van der Waals surface area contributed by atoms with Crippen molar-refractivity contribution in [2.75, 3.05) is 20.2 Å². The van der Waals surface area contributed by atoms with E-state index in [2.05, 4.69) is 5.32 Å². The highest BCUT2D eigenvalue weighted by Gasteiger charge is 2.58. The summed E-state index contributed by atoms with van der Waals surface area (Å²) in [6, 6.07) is -0.625. The Morgan fingerprint density at radius 2 is 1.65 bits per heavy atom. The van der Waals surface area contributed by atoms with E-state index in [0.29, 0.717) is 19.4 Å².